The van der Waals surface area contributed by atoms with Crippen LogP contribution in [0.2, 0.25) is 0 Å². The van der Waals surface area contributed by atoms with Crippen molar-refractivity contribution >= 4 is 17.8 Å². The average molecular weight is 221 g/mol. The number of aromatic hydroxyl groups is 2. The molecule has 5 heteroatoms. The Kier molecular flexibility index (Phi) is 3.30. The summed E-state index contributed by atoms with van der Waals surface area (Å²) in [6, 6.07) is 2.63. The number of rotatable bonds is 3. The van der Waals surface area contributed by atoms with Crippen LogP contribution in [-0.2, 0) is 4.79 Å². The monoisotopic (exact) mass is 221 g/mol. The lowest BCUT2D eigenvalue weighted by atomic mass is 10.0. The molecule has 0 heterocycles. The molecule has 0 atom stereocenters. The standard InChI is InChI=1S/C11H11NO4/c1-6(13)10-7(3-5-9(12)15)2-4-8(14)11(10)16/h2-5,14,16H,1H3,(H2,12,15). The van der Waals surface area contributed by atoms with Gasteiger partial charge in [0.2, 0.25) is 5.91 Å². The maximum Gasteiger partial charge on any atom is 0.241 e. The van der Waals surface area contributed by atoms with Crippen LogP contribution in [0.5, 0.6) is 11.5 Å². The molecule has 5 nitrogen and oxygen atoms in total. The quantitative estimate of drug-likeness (QED) is 0.399. The summed E-state index contributed by atoms with van der Waals surface area (Å²) >= 11 is 0. The summed E-state index contributed by atoms with van der Waals surface area (Å²) in [6.45, 7) is 1.25. The van der Waals surface area contributed by atoms with Crippen molar-refractivity contribution in [2.45, 2.75) is 6.92 Å². The minimum absolute atomic E-state index is 0.0440. The van der Waals surface area contributed by atoms with E-state index in [0.29, 0.717) is 5.56 Å². The van der Waals surface area contributed by atoms with Gasteiger partial charge in [0.1, 0.15) is 0 Å². The van der Waals surface area contributed by atoms with E-state index < -0.39 is 17.4 Å². The van der Waals surface area contributed by atoms with Gasteiger partial charge >= 0.3 is 0 Å². The second-order valence-electron chi connectivity index (χ2n) is 3.19. The van der Waals surface area contributed by atoms with Crippen LogP contribution in [0.25, 0.3) is 6.08 Å². The third kappa shape index (κ3) is 2.38. The first-order valence-electron chi connectivity index (χ1n) is 4.47. The number of hydrogen-bond donors (Lipinski definition) is 3. The molecule has 1 amide bonds. The Hall–Kier alpha value is -2.30. The minimum Gasteiger partial charge on any atom is -0.504 e. The van der Waals surface area contributed by atoms with E-state index in [0.717, 1.165) is 6.08 Å². The fraction of sp³-hybridized carbons (Fsp3) is 0.0909. The third-order valence-corrected chi connectivity index (χ3v) is 1.97. The van der Waals surface area contributed by atoms with Gasteiger partial charge in [-0.2, -0.15) is 0 Å². The molecule has 0 aliphatic heterocycles. The molecule has 1 aromatic rings. The van der Waals surface area contributed by atoms with Crippen molar-refractivity contribution in [1.82, 2.24) is 0 Å². The number of nitrogens with two attached hydrogens (primary N) is 1. The topological polar surface area (TPSA) is 101 Å². The molecule has 16 heavy (non-hydrogen) atoms. The van der Waals surface area contributed by atoms with Crippen LogP contribution < -0.4 is 5.73 Å². The predicted octanol–water partition coefficient (Wildman–Crippen LogP) is 0.799. The number of carbonyl (C=O) groups is 2. The van der Waals surface area contributed by atoms with Crippen LogP contribution in [0.3, 0.4) is 0 Å². The molecule has 0 spiro atoms. The molecule has 0 fully saturated rings. The zero-order valence-corrected chi connectivity index (χ0v) is 8.60. The molecule has 0 aromatic heterocycles. The van der Waals surface area contributed by atoms with E-state index >= 15 is 0 Å². The zero-order chi connectivity index (χ0) is 12.3. The van der Waals surface area contributed by atoms with Gasteiger partial charge in [-0.1, -0.05) is 6.07 Å². The highest BCUT2D eigenvalue weighted by molar-refractivity contribution is 6.02. The van der Waals surface area contributed by atoms with Crippen LogP contribution in [0, 0.1) is 0 Å². The van der Waals surface area contributed by atoms with Gasteiger partial charge < -0.3 is 15.9 Å². The predicted molar refractivity (Wildman–Crippen MR) is 58.0 cm³/mol. The first kappa shape index (κ1) is 11.8. The van der Waals surface area contributed by atoms with Crippen molar-refractivity contribution in [3.05, 3.63) is 29.3 Å². The van der Waals surface area contributed by atoms with Gasteiger partial charge in [0.15, 0.2) is 17.3 Å². The van der Waals surface area contributed by atoms with Crippen molar-refractivity contribution < 1.29 is 19.8 Å². The molecule has 0 saturated carbocycles. The molecule has 0 bridgehead atoms. The third-order valence-electron chi connectivity index (χ3n) is 1.97. The Morgan fingerprint density at radius 2 is 1.94 bits per heavy atom. The highest BCUT2D eigenvalue weighted by Gasteiger charge is 2.14. The lowest BCUT2D eigenvalue weighted by Crippen LogP contribution is -2.05. The first-order valence-corrected chi connectivity index (χ1v) is 4.47. The lowest BCUT2D eigenvalue weighted by Gasteiger charge is -2.06. The smallest absolute Gasteiger partial charge is 0.241 e. The zero-order valence-electron chi connectivity index (χ0n) is 8.60. The molecule has 1 aromatic carbocycles. The highest BCUT2D eigenvalue weighted by atomic mass is 16.3. The number of benzene rings is 1. The van der Waals surface area contributed by atoms with Crippen molar-refractivity contribution in [2.24, 2.45) is 5.73 Å². The second kappa shape index (κ2) is 4.48. The lowest BCUT2D eigenvalue weighted by molar-refractivity contribution is -0.113. The number of ketones is 1. The van der Waals surface area contributed by atoms with Gasteiger partial charge in [0.05, 0.1) is 5.56 Å². The number of carbonyl (C=O) groups excluding carboxylic acids is 2. The van der Waals surface area contributed by atoms with E-state index in [9.17, 15) is 19.8 Å². The Bertz CT molecular complexity index is 477. The Balaban J connectivity index is 3.34. The maximum atomic E-state index is 11.3. The fourth-order valence-corrected chi connectivity index (χ4v) is 1.28. The van der Waals surface area contributed by atoms with E-state index in [4.69, 9.17) is 5.73 Å². The fourth-order valence-electron chi connectivity index (χ4n) is 1.28. The molecule has 1 rings (SSSR count). The van der Waals surface area contributed by atoms with Crippen LogP contribution in [-0.4, -0.2) is 21.9 Å². The van der Waals surface area contributed by atoms with E-state index in [1.165, 1.54) is 25.1 Å². The SMILES string of the molecule is CC(=O)c1c(C=CC(N)=O)ccc(O)c1O. The van der Waals surface area contributed by atoms with Gasteiger partial charge in [-0.25, -0.2) is 0 Å². The van der Waals surface area contributed by atoms with E-state index in [1.807, 2.05) is 0 Å². The maximum absolute atomic E-state index is 11.3. The number of phenols is 2. The minimum atomic E-state index is -0.665. The van der Waals surface area contributed by atoms with Crippen LogP contribution >= 0.6 is 0 Å². The largest absolute Gasteiger partial charge is 0.504 e. The number of amides is 1. The van der Waals surface area contributed by atoms with Gasteiger partial charge in [-0.05, 0) is 24.6 Å². The van der Waals surface area contributed by atoms with Gasteiger partial charge in [0.25, 0.3) is 0 Å². The summed E-state index contributed by atoms with van der Waals surface area (Å²) < 4.78 is 0. The molecule has 84 valence electrons. The molecular weight excluding hydrogens is 210 g/mol. The van der Waals surface area contributed by atoms with Crippen molar-refractivity contribution in [3.8, 4) is 11.5 Å². The van der Waals surface area contributed by atoms with Crippen molar-refractivity contribution in [1.29, 1.82) is 0 Å². The normalized spacial score (nSPS) is 10.6. The summed E-state index contributed by atoms with van der Waals surface area (Å²) in [5.74, 6) is -1.97. The molecule has 0 aliphatic carbocycles. The second-order valence-corrected chi connectivity index (χ2v) is 3.19. The summed E-state index contributed by atoms with van der Waals surface area (Å²) in [7, 11) is 0. The van der Waals surface area contributed by atoms with Crippen LogP contribution in [0.4, 0.5) is 0 Å². The molecule has 0 aliphatic rings. The Labute approximate surface area is 91.8 Å². The van der Waals surface area contributed by atoms with E-state index in [2.05, 4.69) is 0 Å². The molecule has 0 radical (unpaired) electrons. The van der Waals surface area contributed by atoms with Gasteiger partial charge in [0, 0.05) is 6.08 Å². The van der Waals surface area contributed by atoms with Crippen LogP contribution in [0.1, 0.15) is 22.8 Å². The molecule has 0 saturated heterocycles. The summed E-state index contributed by atoms with van der Waals surface area (Å²) in [6.07, 6.45) is 2.37. The summed E-state index contributed by atoms with van der Waals surface area (Å²) in [5, 5.41) is 18.7. The number of primary amides is 1. The average Bonchev–Trinajstić information content (AvgIpc) is 2.19. The molecule has 4 N–H and O–H groups in total. The number of phenolic OH excluding ortho intramolecular Hbond substituents is 2. The number of Topliss-reactive ketones (excluding diaryl/α,β-unsaturated/α-hetero) is 1. The van der Waals surface area contributed by atoms with Crippen LogP contribution in [0.15, 0.2) is 18.2 Å². The van der Waals surface area contributed by atoms with Gasteiger partial charge in [-0.15, -0.1) is 0 Å². The Morgan fingerprint density at radius 1 is 1.31 bits per heavy atom. The van der Waals surface area contributed by atoms with E-state index in [1.54, 1.807) is 0 Å². The number of hydrogen-bond acceptors (Lipinski definition) is 4. The van der Waals surface area contributed by atoms with E-state index in [-0.39, 0.29) is 11.3 Å². The first-order chi connectivity index (χ1) is 7.43. The van der Waals surface area contributed by atoms with Gasteiger partial charge in [-0.3, -0.25) is 9.59 Å². The Morgan fingerprint density at radius 3 is 2.44 bits per heavy atom. The molecular formula is C11H11NO4. The summed E-state index contributed by atoms with van der Waals surface area (Å²) in [5.41, 5.74) is 5.19. The summed E-state index contributed by atoms with van der Waals surface area (Å²) in [4.78, 5) is 21.8. The van der Waals surface area contributed by atoms with Crippen molar-refractivity contribution in [3.63, 3.8) is 0 Å². The molecule has 0 unspecified atom stereocenters. The highest BCUT2D eigenvalue weighted by Crippen LogP contribution is 2.32. The van der Waals surface area contributed by atoms with Crippen molar-refractivity contribution in [2.75, 3.05) is 0 Å².